The molecule has 2 fully saturated rings. The van der Waals surface area contributed by atoms with Crippen LogP contribution in [-0.2, 0) is 0 Å². The van der Waals surface area contributed by atoms with Gasteiger partial charge < -0.3 is 10.6 Å². The average Bonchev–Trinajstić information content (AvgIpc) is 3.09. The largest absolute Gasteiger partial charge is 0.388 e. The molecule has 0 radical (unpaired) electrons. The van der Waals surface area contributed by atoms with Crippen LogP contribution in [0.4, 0.5) is 5.69 Å². The van der Waals surface area contributed by atoms with E-state index in [1.54, 1.807) is 0 Å². The Morgan fingerprint density at radius 3 is 2.67 bits per heavy atom. The van der Waals surface area contributed by atoms with Crippen LogP contribution in [0.5, 0.6) is 0 Å². The number of nitrogens with one attached hydrogen (secondary N) is 2. The Hall–Kier alpha value is -1.51. The molecule has 2 bridgehead atoms. The van der Waals surface area contributed by atoms with E-state index >= 15 is 0 Å². The van der Waals surface area contributed by atoms with Crippen LogP contribution in [0.25, 0.3) is 0 Å². The highest BCUT2D eigenvalue weighted by Crippen LogP contribution is 2.49. The molecule has 4 unspecified atom stereocenters. The van der Waals surface area contributed by atoms with Crippen molar-refractivity contribution in [2.45, 2.75) is 45.6 Å². The van der Waals surface area contributed by atoms with Crippen LogP contribution in [0.2, 0.25) is 0 Å². The molecule has 3 heteroatoms. The lowest BCUT2D eigenvalue weighted by Gasteiger charge is -2.28. The van der Waals surface area contributed by atoms with Crippen molar-refractivity contribution in [1.29, 1.82) is 0 Å². The minimum atomic E-state index is 0.0658. The summed E-state index contributed by atoms with van der Waals surface area (Å²) >= 11 is 0. The highest BCUT2D eigenvalue weighted by molar-refractivity contribution is 5.95. The third-order valence-electron chi connectivity index (χ3n) is 5.55. The van der Waals surface area contributed by atoms with Gasteiger partial charge in [-0.3, -0.25) is 4.79 Å². The van der Waals surface area contributed by atoms with Gasteiger partial charge in [0, 0.05) is 24.3 Å². The second-order valence-electron chi connectivity index (χ2n) is 6.88. The van der Waals surface area contributed by atoms with Gasteiger partial charge in [0.15, 0.2) is 0 Å². The molecule has 0 aromatic heterocycles. The molecule has 1 aromatic carbocycles. The van der Waals surface area contributed by atoms with E-state index in [1.807, 2.05) is 32.2 Å². The van der Waals surface area contributed by atoms with Crippen molar-refractivity contribution >= 4 is 11.6 Å². The zero-order valence-corrected chi connectivity index (χ0v) is 13.3. The summed E-state index contributed by atoms with van der Waals surface area (Å²) in [4.78, 5) is 12.4. The molecule has 21 heavy (non-hydrogen) atoms. The lowest BCUT2D eigenvalue weighted by molar-refractivity contribution is 0.0915. The number of carbonyl (C=O) groups is 1. The molecule has 2 saturated carbocycles. The van der Waals surface area contributed by atoms with Gasteiger partial charge in [-0.05, 0) is 74.6 Å². The zero-order chi connectivity index (χ0) is 15.0. The van der Waals surface area contributed by atoms with Crippen LogP contribution < -0.4 is 10.6 Å². The van der Waals surface area contributed by atoms with E-state index in [1.165, 1.54) is 25.7 Å². The molecule has 0 heterocycles. The standard InChI is InChI=1S/C18H26N2O/c1-11-8-15(6-7-17(11)19-3)18(21)20-12(2)16-10-13-4-5-14(16)9-13/h6-8,12-14,16,19H,4-5,9-10H2,1-3H3,(H,20,21). The van der Waals surface area contributed by atoms with E-state index in [2.05, 4.69) is 17.6 Å². The van der Waals surface area contributed by atoms with E-state index < -0.39 is 0 Å². The van der Waals surface area contributed by atoms with Gasteiger partial charge in [-0.2, -0.15) is 0 Å². The molecule has 2 aliphatic carbocycles. The molecule has 1 aromatic rings. The van der Waals surface area contributed by atoms with Crippen molar-refractivity contribution in [3.63, 3.8) is 0 Å². The summed E-state index contributed by atoms with van der Waals surface area (Å²) in [5.41, 5.74) is 2.95. The number of fused-ring (bicyclic) bond motifs is 2. The molecule has 0 saturated heterocycles. The van der Waals surface area contributed by atoms with Gasteiger partial charge in [-0.15, -0.1) is 0 Å². The smallest absolute Gasteiger partial charge is 0.251 e. The molecule has 3 nitrogen and oxygen atoms in total. The molecular weight excluding hydrogens is 260 g/mol. The Kier molecular flexibility index (Phi) is 3.92. The van der Waals surface area contributed by atoms with Crippen LogP contribution in [0.1, 0.15) is 48.5 Å². The summed E-state index contributed by atoms with van der Waals surface area (Å²) in [6.45, 7) is 4.21. The summed E-state index contributed by atoms with van der Waals surface area (Å²) < 4.78 is 0. The molecule has 114 valence electrons. The normalized spacial score (nSPS) is 28.4. The van der Waals surface area contributed by atoms with Crippen molar-refractivity contribution in [2.24, 2.45) is 17.8 Å². The van der Waals surface area contributed by atoms with Crippen molar-refractivity contribution in [3.8, 4) is 0 Å². The number of carbonyl (C=O) groups excluding carboxylic acids is 1. The van der Waals surface area contributed by atoms with Gasteiger partial charge in [-0.25, -0.2) is 0 Å². The van der Waals surface area contributed by atoms with Gasteiger partial charge in [0.2, 0.25) is 0 Å². The number of anilines is 1. The SMILES string of the molecule is CNc1ccc(C(=O)NC(C)C2CC3CCC2C3)cc1C. The first kappa shape index (κ1) is 14.4. The third kappa shape index (κ3) is 2.78. The highest BCUT2D eigenvalue weighted by atomic mass is 16.1. The van der Waals surface area contributed by atoms with Crippen molar-refractivity contribution in [2.75, 3.05) is 12.4 Å². The van der Waals surface area contributed by atoms with E-state index in [0.29, 0.717) is 5.92 Å². The molecule has 1 amide bonds. The van der Waals surface area contributed by atoms with Crippen molar-refractivity contribution in [1.82, 2.24) is 5.32 Å². The molecule has 0 aliphatic heterocycles. The zero-order valence-electron chi connectivity index (χ0n) is 13.3. The van der Waals surface area contributed by atoms with Crippen LogP contribution in [0.15, 0.2) is 18.2 Å². The molecule has 4 atom stereocenters. The molecule has 3 rings (SSSR count). The Morgan fingerprint density at radius 1 is 1.29 bits per heavy atom. The monoisotopic (exact) mass is 286 g/mol. The van der Waals surface area contributed by atoms with Gasteiger partial charge in [0.05, 0.1) is 0 Å². The van der Waals surface area contributed by atoms with Crippen LogP contribution in [0, 0.1) is 24.7 Å². The maximum atomic E-state index is 12.4. The van der Waals surface area contributed by atoms with Gasteiger partial charge in [0.25, 0.3) is 5.91 Å². The van der Waals surface area contributed by atoms with E-state index in [9.17, 15) is 4.79 Å². The number of hydrogen-bond acceptors (Lipinski definition) is 2. The van der Waals surface area contributed by atoms with Gasteiger partial charge in [-0.1, -0.05) is 6.42 Å². The molecule has 2 aliphatic rings. The maximum absolute atomic E-state index is 12.4. The minimum Gasteiger partial charge on any atom is -0.388 e. The Balaban J connectivity index is 1.64. The third-order valence-corrected chi connectivity index (χ3v) is 5.55. The maximum Gasteiger partial charge on any atom is 0.251 e. The average molecular weight is 286 g/mol. The van der Waals surface area contributed by atoms with Crippen molar-refractivity contribution < 1.29 is 4.79 Å². The van der Waals surface area contributed by atoms with Crippen LogP contribution in [0.3, 0.4) is 0 Å². The number of hydrogen-bond donors (Lipinski definition) is 2. The summed E-state index contributed by atoms with van der Waals surface area (Å²) in [7, 11) is 1.90. The quantitative estimate of drug-likeness (QED) is 0.888. The fraction of sp³-hybridized carbons (Fsp3) is 0.611. The summed E-state index contributed by atoms with van der Waals surface area (Å²) in [5, 5.41) is 6.36. The topological polar surface area (TPSA) is 41.1 Å². The Morgan fingerprint density at radius 2 is 2.10 bits per heavy atom. The predicted octanol–water partition coefficient (Wildman–Crippen LogP) is 3.59. The van der Waals surface area contributed by atoms with E-state index in [-0.39, 0.29) is 11.9 Å². The first-order valence-corrected chi connectivity index (χ1v) is 8.17. The highest BCUT2D eigenvalue weighted by Gasteiger charge is 2.42. The van der Waals surface area contributed by atoms with E-state index in [0.717, 1.165) is 28.7 Å². The first-order valence-electron chi connectivity index (χ1n) is 8.17. The lowest BCUT2D eigenvalue weighted by atomic mass is 9.84. The fourth-order valence-electron chi connectivity index (χ4n) is 4.39. The summed E-state index contributed by atoms with van der Waals surface area (Å²) in [5.74, 6) is 2.52. The number of benzene rings is 1. The van der Waals surface area contributed by atoms with Crippen LogP contribution in [-0.4, -0.2) is 19.0 Å². The predicted molar refractivity (Wildman–Crippen MR) is 86.6 cm³/mol. The second kappa shape index (κ2) is 5.70. The minimum absolute atomic E-state index is 0.0658. The summed E-state index contributed by atoms with van der Waals surface area (Å²) in [6, 6.07) is 6.14. The van der Waals surface area contributed by atoms with Crippen molar-refractivity contribution in [3.05, 3.63) is 29.3 Å². The lowest BCUT2D eigenvalue weighted by Crippen LogP contribution is -2.40. The fourth-order valence-corrected chi connectivity index (χ4v) is 4.39. The number of amides is 1. The van der Waals surface area contributed by atoms with Gasteiger partial charge in [0.1, 0.15) is 0 Å². The van der Waals surface area contributed by atoms with Gasteiger partial charge >= 0.3 is 0 Å². The van der Waals surface area contributed by atoms with E-state index in [4.69, 9.17) is 0 Å². The Bertz CT molecular complexity index is 540. The number of rotatable bonds is 4. The first-order chi connectivity index (χ1) is 10.1. The molecular formula is C18H26N2O. The van der Waals surface area contributed by atoms with Crippen LogP contribution >= 0.6 is 0 Å². The second-order valence-corrected chi connectivity index (χ2v) is 6.88. The number of aryl methyl sites for hydroxylation is 1. The Labute approximate surface area is 127 Å². The molecule has 2 N–H and O–H groups in total. The summed E-state index contributed by atoms with van der Waals surface area (Å²) in [6.07, 6.45) is 5.47. The molecule has 0 spiro atoms.